The van der Waals surface area contributed by atoms with E-state index in [4.69, 9.17) is 16.3 Å². The van der Waals surface area contributed by atoms with Gasteiger partial charge in [-0.1, -0.05) is 24.2 Å². The number of nitrogens with one attached hydrogen (secondary N) is 2. The number of carbonyl (C=O) groups excluding carboxylic acids is 2. The molecule has 2 amide bonds. The van der Waals surface area contributed by atoms with Crippen LogP contribution in [0.15, 0.2) is 48.7 Å². The summed E-state index contributed by atoms with van der Waals surface area (Å²) in [7, 11) is 0. The SMILES string of the molecule is C=C(CCNC(=O)COc1ccc(Cl)c(F)c1)C(=O)NCCc1ncccc1C. The lowest BCUT2D eigenvalue weighted by molar-refractivity contribution is -0.123. The van der Waals surface area contributed by atoms with E-state index in [1.807, 2.05) is 19.1 Å². The van der Waals surface area contributed by atoms with Gasteiger partial charge in [0.05, 0.1) is 5.02 Å². The van der Waals surface area contributed by atoms with Crippen LogP contribution in [0, 0.1) is 12.7 Å². The van der Waals surface area contributed by atoms with Crippen LogP contribution in [0.1, 0.15) is 17.7 Å². The van der Waals surface area contributed by atoms with Crippen LogP contribution in [0.25, 0.3) is 0 Å². The van der Waals surface area contributed by atoms with Gasteiger partial charge in [0.1, 0.15) is 11.6 Å². The van der Waals surface area contributed by atoms with E-state index in [1.54, 1.807) is 6.20 Å². The van der Waals surface area contributed by atoms with Crippen molar-refractivity contribution >= 4 is 23.4 Å². The quantitative estimate of drug-likeness (QED) is 0.580. The zero-order valence-corrected chi connectivity index (χ0v) is 16.9. The number of nitrogens with zero attached hydrogens (tertiary/aromatic N) is 1. The van der Waals surface area contributed by atoms with Gasteiger partial charge in [0, 0.05) is 43.0 Å². The second-order valence-electron chi connectivity index (χ2n) is 6.34. The maximum atomic E-state index is 13.3. The number of amides is 2. The molecule has 0 saturated carbocycles. The number of pyridine rings is 1. The highest BCUT2D eigenvalue weighted by molar-refractivity contribution is 6.30. The first-order valence-corrected chi connectivity index (χ1v) is 9.45. The largest absolute Gasteiger partial charge is 0.484 e. The minimum Gasteiger partial charge on any atom is -0.484 e. The number of halogens is 2. The number of aryl methyl sites for hydroxylation is 1. The molecule has 0 spiro atoms. The number of hydrogen-bond acceptors (Lipinski definition) is 4. The van der Waals surface area contributed by atoms with Gasteiger partial charge in [-0.25, -0.2) is 4.39 Å². The Morgan fingerprint density at radius 3 is 2.76 bits per heavy atom. The summed E-state index contributed by atoms with van der Waals surface area (Å²) in [5.74, 6) is -1.07. The first-order chi connectivity index (χ1) is 13.9. The molecule has 2 aromatic rings. The predicted molar refractivity (Wildman–Crippen MR) is 109 cm³/mol. The van der Waals surface area contributed by atoms with Crippen LogP contribution >= 0.6 is 11.6 Å². The molecule has 8 heteroatoms. The number of hydrogen-bond donors (Lipinski definition) is 2. The fourth-order valence-electron chi connectivity index (χ4n) is 2.43. The van der Waals surface area contributed by atoms with Gasteiger partial charge in [0.2, 0.25) is 5.91 Å². The first-order valence-electron chi connectivity index (χ1n) is 9.08. The number of aromatic nitrogens is 1. The molecule has 0 bridgehead atoms. The average Bonchev–Trinajstić information content (AvgIpc) is 2.70. The fourth-order valence-corrected chi connectivity index (χ4v) is 2.55. The van der Waals surface area contributed by atoms with E-state index in [-0.39, 0.29) is 35.7 Å². The second kappa shape index (κ2) is 11.2. The van der Waals surface area contributed by atoms with Gasteiger partial charge in [-0.05, 0) is 37.1 Å². The third-order valence-corrected chi connectivity index (χ3v) is 4.40. The molecule has 154 valence electrons. The van der Waals surface area contributed by atoms with Crippen LogP contribution < -0.4 is 15.4 Å². The molecule has 1 aromatic heterocycles. The van der Waals surface area contributed by atoms with Gasteiger partial charge < -0.3 is 15.4 Å². The summed E-state index contributed by atoms with van der Waals surface area (Å²) in [4.78, 5) is 28.1. The normalized spacial score (nSPS) is 10.3. The van der Waals surface area contributed by atoms with Gasteiger partial charge in [-0.3, -0.25) is 14.6 Å². The Morgan fingerprint density at radius 1 is 1.24 bits per heavy atom. The van der Waals surface area contributed by atoms with Crippen molar-refractivity contribution < 1.29 is 18.7 Å². The molecule has 1 heterocycles. The van der Waals surface area contributed by atoms with Crippen molar-refractivity contribution in [1.29, 1.82) is 0 Å². The van der Waals surface area contributed by atoms with Crippen LogP contribution in [0.3, 0.4) is 0 Å². The van der Waals surface area contributed by atoms with Gasteiger partial charge in [0.15, 0.2) is 6.61 Å². The minimum atomic E-state index is -0.620. The van der Waals surface area contributed by atoms with Gasteiger partial charge >= 0.3 is 0 Å². The lowest BCUT2D eigenvalue weighted by Gasteiger charge is -2.10. The Labute approximate surface area is 174 Å². The highest BCUT2D eigenvalue weighted by Gasteiger charge is 2.09. The maximum absolute atomic E-state index is 13.3. The molecule has 1 aromatic carbocycles. The van der Waals surface area contributed by atoms with Crippen molar-refractivity contribution in [3.8, 4) is 5.75 Å². The van der Waals surface area contributed by atoms with Crippen molar-refractivity contribution in [1.82, 2.24) is 15.6 Å². The first kappa shape index (κ1) is 22.4. The highest BCUT2D eigenvalue weighted by atomic mass is 35.5. The van der Waals surface area contributed by atoms with Gasteiger partial charge in [-0.2, -0.15) is 0 Å². The average molecular weight is 420 g/mol. The summed E-state index contributed by atoms with van der Waals surface area (Å²) in [5, 5.41) is 5.39. The number of ether oxygens (including phenoxy) is 1. The van der Waals surface area contributed by atoms with Crippen molar-refractivity contribution in [3.05, 3.63) is 70.8 Å². The van der Waals surface area contributed by atoms with Crippen LogP contribution in [-0.2, 0) is 16.0 Å². The Hall–Kier alpha value is -2.93. The van der Waals surface area contributed by atoms with E-state index >= 15 is 0 Å². The Morgan fingerprint density at radius 2 is 2.03 bits per heavy atom. The molecule has 0 aliphatic rings. The Kier molecular flexibility index (Phi) is 8.61. The van der Waals surface area contributed by atoms with Crippen molar-refractivity contribution in [3.63, 3.8) is 0 Å². The lowest BCUT2D eigenvalue weighted by atomic mass is 10.1. The van der Waals surface area contributed by atoms with E-state index in [1.165, 1.54) is 12.1 Å². The zero-order valence-electron chi connectivity index (χ0n) is 16.1. The molecule has 2 N–H and O–H groups in total. The zero-order chi connectivity index (χ0) is 21.2. The topological polar surface area (TPSA) is 80.3 Å². The molecule has 2 rings (SSSR count). The maximum Gasteiger partial charge on any atom is 0.257 e. The van der Waals surface area contributed by atoms with E-state index in [0.29, 0.717) is 25.0 Å². The van der Waals surface area contributed by atoms with E-state index in [2.05, 4.69) is 22.2 Å². The lowest BCUT2D eigenvalue weighted by Crippen LogP contribution is -2.32. The molecule has 0 aliphatic carbocycles. The molecule has 0 radical (unpaired) electrons. The van der Waals surface area contributed by atoms with Gasteiger partial charge in [-0.15, -0.1) is 0 Å². The molecular formula is C21H23ClFN3O3. The number of rotatable bonds is 10. The summed E-state index contributed by atoms with van der Waals surface area (Å²) >= 11 is 5.58. The van der Waals surface area contributed by atoms with E-state index in [9.17, 15) is 14.0 Å². The summed E-state index contributed by atoms with van der Waals surface area (Å²) in [6.45, 7) is 6.13. The Bertz CT molecular complexity index is 889. The monoisotopic (exact) mass is 419 g/mol. The van der Waals surface area contributed by atoms with Crippen LogP contribution in [0.4, 0.5) is 4.39 Å². The molecule has 0 saturated heterocycles. The molecule has 0 fully saturated rings. The summed E-state index contributed by atoms with van der Waals surface area (Å²) < 4.78 is 18.5. The van der Waals surface area contributed by atoms with Crippen molar-refractivity contribution in [2.24, 2.45) is 0 Å². The van der Waals surface area contributed by atoms with E-state index < -0.39 is 5.82 Å². The Balaban J connectivity index is 1.62. The molecule has 0 unspecified atom stereocenters. The fraction of sp³-hybridized carbons (Fsp3) is 0.286. The summed E-state index contributed by atoms with van der Waals surface area (Å²) in [6.07, 6.45) is 2.65. The highest BCUT2D eigenvalue weighted by Crippen LogP contribution is 2.20. The number of carbonyl (C=O) groups is 2. The molecule has 6 nitrogen and oxygen atoms in total. The minimum absolute atomic E-state index is 0.0197. The van der Waals surface area contributed by atoms with Crippen molar-refractivity contribution in [2.45, 2.75) is 19.8 Å². The molecule has 0 aliphatic heterocycles. The molecule has 29 heavy (non-hydrogen) atoms. The summed E-state index contributed by atoms with van der Waals surface area (Å²) in [6, 6.07) is 7.76. The van der Waals surface area contributed by atoms with Crippen molar-refractivity contribution in [2.75, 3.05) is 19.7 Å². The van der Waals surface area contributed by atoms with Gasteiger partial charge in [0.25, 0.3) is 5.91 Å². The van der Waals surface area contributed by atoms with Crippen LogP contribution in [0.2, 0.25) is 5.02 Å². The predicted octanol–water partition coefficient (Wildman–Crippen LogP) is 2.98. The van der Waals surface area contributed by atoms with E-state index in [0.717, 1.165) is 17.3 Å². The number of benzene rings is 1. The third-order valence-electron chi connectivity index (χ3n) is 4.10. The third kappa shape index (κ3) is 7.54. The smallest absolute Gasteiger partial charge is 0.257 e. The van der Waals surface area contributed by atoms with Crippen LogP contribution in [0.5, 0.6) is 5.75 Å². The molecular weight excluding hydrogens is 397 g/mol. The second-order valence-corrected chi connectivity index (χ2v) is 6.75. The standard InChI is InChI=1S/C21H23ClFN3O3/c1-14-4-3-9-24-19(14)8-11-26-21(28)15(2)7-10-25-20(27)13-29-16-5-6-17(22)18(23)12-16/h3-6,9,12H,2,7-8,10-11,13H2,1H3,(H,25,27)(H,26,28). The van der Waals surface area contributed by atoms with Crippen LogP contribution in [-0.4, -0.2) is 36.5 Å². The molecule has 0 atom stereocenters. The summed E-state index contributed by atoms with van der Waals surface area (Å²) in [5.41, 5.74) is 2.38.